The smallest absolute Gasteiger partial charge is 0.416 e. The van der Waals surface area contributed by atoms with Crippen LogP contribution in [0.2, 0.25) is 0 Å². The Bertz CT molecular complexity index is 628. The SMILES string of the molecule is COc1ccc(C(=O)CCc2ccc(C(F)(F)F)cc2)cc1. The van der Waals surface area contributed by atoms with Crippen molar-refractivity contribution in [1.29, 1.82) is 0 Å². The zero-order chi connectivity index (χ0) is 16.2. The highest BCUT2D eigenvalue weighted by Crippen LogP contribution is 2.29. The molecule has 0 aliphatic carbocycles. The minimum atomic E-state index is -4.34. The molecule has 2 nitrogen and oxygen atoms in total. The Labute approximate surface area is 126 Å². The Morgan fingerprint density at radius 3 is 2.09 bits per heavy atom. The lowest BCUT2D eigenvalue weighted by Gasteiger charge is -2.07. The topological polar surface area (TPSA) is 26.3 Å². The van der Waals surface area contributed by atoms with Crippen LogP contribution in [0.15, 0.2) is 48.5 Å². The summed E-state index contributed by atoms with van der Waals surface area (Å²) in [4.78, 5) is 12.0. The molecular weight excluding hydrogens is 293 g/mol. The molecule has 0 amide bonds. The fourth-order valence-electron chi connectivity index (χ4n) is 2.04. The van der Waals surface area contributed by atoms with Gasteiger partial charge < -0.3 is 4.74 Å². The van der Waals surface area contributed by atoms with Gasteiger partial charge in [-0.15, -0.1) is 0 Å². The number of halogens is 3. The molecule has 0 saturated carbocycles. The predicted octanol–water partition coefficient (Wildman–Crippen LogP) is 4.53. The number of alkyl halides is 3. The van der Waals surface area contributed by atoms with E-state index in [-0.39, 0.29) is 12.2 Å². The van der Waals surface area contributed by atoms with Gasteiger partial charge in [-0.2, -0.15) is 13.2 Å². The first-order valence-electron chi connectivity index (χ1n) is 6.73. The second-order valence-electron chi connectivity index (χ2n) is 4.85. The van der Waals surface area contributed by atoms with Crippen molar-refractivity contribution in [3.8, 4) is 5.75 Å². The van der Waals surface area contributed by atoms with Crippen molar-refractivity contribution in [1.82, 2.24) is 0 Å². The second kappa shape index (κ2) is 6.64. The number of hydrogen-bond donors (Lipinski definition) is 0. The van der Waals surface area contributed by atoms with Gasteiger partial charge in [0.1, 0.15) is 5.75 Å². The normalized spacial score (nSPS) is 11.3. The number of carbonyl (C=O) groups is 1. The van der Waals surface area contributed by atoms with Crippen LogP contribution in [-0.4, -0.2) is 12.9 Å². The third-order valence-corrected chi connectivity index (χ3v) is 3.33. The van der Waals surface area contributed by atoms with Crippen LogP contribution in [0, 0.1) is 0 Å². The highest BCUT2D eigenvalue weighted by Gasteiger charge is 2.29. The summed E-state index contributed by atoms with van der Waals surface area (Å²) in [5, 5.41) is 0. The number of benzene rings is 2. The first-order chi connectivity index (χ1) is 10.4. The molecule has 0 saturated heterocycles. The largest absolute Gasteiger partial charge is 0.497 e. The molecule has 0 N–H and O–H groups in total. The van der Waals surface area contributed by atoms with Crippen LogP contribution in [0.25, 0.3) is 0 Å². The third kappa shape index (κ3) is 4.10. The van der Waals surface area contributed by atoms with E-state index in [2.05, 4.69) is 0 Å². The van der Waals surface area contributed by atoms with E-state index in [1.807, 2.05) is 0 Å². The second-order valence-corrected chi connectivity index (χ2v) is 4.85. The van der Waals surface area contributed by atoms with Crippen LogP contribution in [0.4, 0.5) is 13.2 Å². The molecule has 2 aromatic rings. The lowest BCUT2D eigenvalue weighted by Crippen LogP contribution is -2.05. The van der Waals surface area contributed by atoms with Crippen molar-refractivity contribution in [3.05, 3.63) is 65.2 Å². The summed E-state index contributed by atoms with van der Waals surface area (Å²) in [6, 6.07) is 11.6. The minimum absolute atomic E-state index is 0.0532. The quantitative estimate of drug-likeness (QED) is 0.759. The Balaban J connectivity index is 1.95. The van der Waals surface area contributed by atoms with Crippen LogP contribution in [0.3, 0.4) is 0 Å². The monoisotopic (exact) mass is 308 g/mol. The zero-order valence-electron chi connectivity index (χ0n) is 12.0. The summed E-state index contributed by atoms with van der Waals surface area (Å²) in [6.45, 7) is 0. The van der Waals surface area contributed by atoms with E-state index in [9.17, 15) is 18.0 Å². The lowest BCUT2D eigenvalue weighted by molar-refractivity contribution is -0.137. The van der Waals surface area contributed by atoms with Crippen molar-refractivity contribution < 1.29 is 22.7 Å². The van der Waals surface area contributed by atoms with Crippen molar-refractivity contribution in [3.63, 3.8) is 0 Å². The number of hydrogen-bond acceptors (Lipinski definition) is 2. The van der Waals surface area contributed by atoms with E-state index in [0.717, 1.165) is 12.1 Å². The summed E-state index contributed by atoms with van der Waals surface area (Å²) < 4.78 is 42.4. The van der Waals surface area contributed by atoms with Crippen LogP contribution >= 0.6 is 0 Å². The van der Waals surface area contributed by atoms with Crippen LogP contribution < -0.4 is 4.74 Å². The summed E-state index contributed by atoms with van der Waals surface area (Å²) in [5.41, 5.74) is 0.584. The number of ketones is 1. The number of rotatable bonds is 5. The van der Waals surface area contributed by atoms with Crippen LogP contribution in [-0.2, 0) is 12.6 Å². The summed E-state index contributed by atoms with van der Waals surface area (Å²) in [6.07, 6.45) is -3.68. The van der Waals surface area contributed by atoms with Gasteiger partial charge >= 0.3 is 6.18 Å². The lowest BCUT2D eigenvalue weighted by atomic mass is 10.0. The van der Waals surface area contributed by atoms with Crippen LogP contribution in [0.5, 0.6) is 5.75 Å². The highest BCUT2D eigenvalue weighted by atomic mass is 19.4. The molecule has 0 atom stereocenters. The molecule has 22 heavy (non-hydrogen) atoms. The summed E-state index contributed by atoms with van der Waals surface area (Å²) in [7, 11) is 1.54. The highest BCUT2D eigenvalue weighted by molar-refractivity contribution is 5.96. The Hall–Kier alpha value is -2.30. The molecule has 116 valence electrons. The third-order valence-electron chi connectivity index (χ3n) is 3.33. The molecule has 0 heterocycles. The molecule has 0 unspecified atom stereocenters. The van der Waals surface area contributed by atoms with Gasteiger partial charge in [0.25, 0.3) is 0 Å². The van der Waals surface area contributed by atoms with Crippen molar-refractivity contribution in [2.75, 3.05) is 7.11 Å². The van der Waals surface area contributed by atoms with Gasteiger partial charge in [-0.25, -0.2) is 0 Å². The van der Waals surface area contributed by atoms with Gasteiger partial charge in [-0.3, -0.25) is 4.79 Å². The number of methoxy groups -OCH3 is 1. The number of carbonyl (C=O) groups excluding carboxylic acids is 1. The Morgan fingerprint density at radius 2 is 1.59 bits per heavy atom. The maximum atomic E-state index is 12.5. The van der Waals surface area contributed by atoms with Gasteiger partial charge in [0.2, 0.25) is 0 Å². The number of Topliss-reactive ketones (excluding diaryl/α,β-unsaturated/α-hetero) is 1. The van der Waals surface area contributed by atoms with Gasteiger partial charge in [-0.05, 0) is 48.4 Å². The maximum Gasteiger partial charge on any atom is 0.416 e. The zero-order valence-corrected chi connectivity index (χ0v) is 12.0. The standard InChI is InChI=1S/C17H15F3O2/c1-22-15-9-5-13(6-10-15)16(21)11-4-12-2-7-14(8-3-12)17(18,19)20/h2-3,5-10H,4,11H2,1H3. The molecular formula is C17H15F3O2. The maximum absolute atomic E-state index is 12.5. The first kappa shape index (κ1) is 16.1. The Kier molecular flexibility index (Phi) is 4.85. The molecule has 0 spiro atoms. The predicted molar refractivity (Wildman–Crippen MR) is 77.1 cm³/mol. The van der Waals surface area contributed by atoms with Crippen LogP contribution in [0.1, 0.15) is 27.9 Å². The number of aryl methyl sites for hydroxylation is 1. The molecule has 0 bridgehead atoms. The van der Waals surface area contributed by atoms with E-state index >= 15 is 0 Å². The number of ether oxygens (including phenoxy) is 1. The molecule has 2 aromatic carbocycles. The van der Waals surface area contributed by atoms with Gasteiger partial charge in [-0.1, -0.05) is 12.1 Å². The van der Waals surface area contributed by atoms with E-state index in [1.54, 1.807) is 31.4 Å². The molecule has 5 heteroatoms. The molecule has 0 aromatic heterocycles. The molecule has 2 rings (SSSR count). The first-order valence-corrected chi connectivity index (χ1v) is 6.73. The Morgan fingerprint density at radius 1 is 1.00 bits per heavy atom. The average Bonchev–Trinajstić information content (AvgIpc) is 2.52. The van der Waals surface area contributed by atoms with Gasteiger partial charge in [0.15, 0.2) is 5.78 Å². The van der Waals surface area contributed by atoms with Gasteiger partial charge in [0, 0.05) is 12.0 Å². The minimum Gasteiger partial charge on any atom is -0.497 e. The molecule has 0 aliphatic heterocycles. The van der Waals surface area contributed by atoms with E-state index in [4.69, 9.17) is 4.74 Å². The van der Waals surface area contributed by atoms with E-state index < -0.39 is 11.7 Å². The van der Waals surface area contributed by atoms with Crippen molar-refractivity contribution in [2.24, 2.45) is 0 Å². The van der Waals surface area contributed by atoms with E-state index in [0.29, 0.717) is 23.3 Å². The van der Waals surface area contributed by atoms with Gasteiger partial charge in [0.05, 0.1) is 12.7 Å². The average molecular weight is 308 g/mol. The van der Waals surface area contributed by atoms with E-state index in [1.165, 1.54) is 12.1 Å². The molecule has 0 radical (unpaired) electrons. The molecule has 0 fully saturated rings. The summed E-state index contributed by atoms with van der Waals surface area (Å²) in [5.74, 6) is 0.613. The summed E-state index contributed by atoms with van der Waals surface area (Å²) >= 11 is 0. The fraction of sp³-hybridized carbons (Fsp3) is 0.235. The van der Waals surface area contributed by atoms with Crippen molar-refractivity contribution >= 4 is 5.78 Å². The molecule has 0 aliphatic rings. The van der Waals surface area contributed by atoms with Crippen molar-refractivity contribution in [2.45, 2.75) is 19.0 Å². The fourth-order valence-corrected chi connectivity index (χ4v) is 2.04.